The van der Waals surface area contributed by atoms with Crippen LogP contribution in [0.2, 0.25) is 0 Å². The fraction of sp³-hybridized carbons (Fsp3) is 0.0476. The average molecular weight is 369 g/mol. The van der Waals surface area contributed by atoms with Crippen LogP contribution in [0.3, 0.4) is 0 Å². The van der Waals surface area contributed by atoms with Crippen molar-refractivity contribution in [3.8, 4) is 11.5 Å². The topological polar surface area (TPSA) is 85.8 Å². The smallest absolute Gasteiger partial charge is 0.246 e. The summed E-state index contributed by atoms with van der Waals surface area (Å²) >= 11 is 0. The first-order valence-corrected chi connectivity index (χ1v) is 8.80. The first-order valence-electron chi connectivity index (χ1n) is 8.80. The summed E-state index contributed by atoms with van der Waals surface area (Å²) < 4.78 is 7.35. The molecule has 0 aliphatic rings. The van der Waals surface area contributed by atoms with Gasteiger partial charge in [0.05, 0.1) is 5.52 Å². The van der Waals surface area contributed by atoms with E-state index in [9.17, 15) is 4.79 Å². The Bertz CT molecular complexity index is 1250. The normalized spacial score (nSPS) is 11.1. The van der Waals surface area contributed by atoms with Crippen LogP contribution in [0.25, 0.3) is 33.6 Å². The molecule has 136 valence electrons. The van der Waals surface area contributed by atoms with E-state index in [1.165, 1.54) is 0 Å². The number of amides is 1. The number of rotatable bonds is 4. The summed E-state index contributed by atoms with van der Waals surface area (Å²) in [4.78, 5) is 16.8. The average Bonchev–Trinajstić information content (AvgIpc) is 3.33. The van der Waals surface area contributed by atoms with Crippen molar-refractivity contribution in [1.82, 2.24) is 20.0 Å². The molecule has 0 fully saturated rings. The molecule has 0 unspecified atom stereocenters. The minimum Gasteiger partial charge on any atom is -0.436 e. The number of nitrogens with zero attached hydrogens (tertiary/aromatic N) is 4. The molecule has 1 N–H and O–H groups in total. The Hall–Kier alpha value is -4.00. The standard InChI is InChI=1S/C21H15N5O2/c27-20(13-26-18-7-3-1-5-16(18)24-25-26)22-15-11-9-14(10-12-15)21-23-17-6-2-4-8-19(17)28-21/h1-12H,13H2,(H,22,27). The van der Waals surface area contributed by atoms with Gasteiger partial charge in [0, 0.05) is 11.3 Å². The van der Waals surface area contributed by atoms with E-state index in [2.05, 4.69) is 20.6 Å². The number of hydrogen-bond acceptors (Lipinski definition) is 5. The lowest BCUT2D eigenvalue weighted by atomic mass is 10.2. The fourth-order valence-corrected chi connectivity index (χ4v) is 3.06. The number of fused-ring (bicyclic) bond motifs is 2. The minimum absolute atomic E-state index is 0.0907. The summed E-state index contributed by atoms with van der Waals surface area (Å²) in [5.41, 5.74) is 4.68. The second kappa shape index (κ2) is 6.62. The number of carbonyl (C=O) groups excluding carboxylic acids is 1. The molecule has 0 radical (unpaired) electrons. The molecular weight excluding hydrogens is 354 g/mol. The molecule has 28 heavy (non-hydrogen) atoms. The van der Waals surface area contributed by atoms with Gasteiger partial charge in [0.2, 0.25) is 11.8 Å². The van der Waals surface area contributed by atoms with E-state index in [0.717, 1.165) is 27.7 Å². The van der Waals surface area contributed by atoms with Crippen molar-refractivity contribution < 1.29 is 9.21 Å². The van der Waals surface area contributed by atoms with Crippen LogP contribution in [0.5, 0.6) is 0 Å². The molecule has 3 aromatic carbocycles. The van der Waals surface area contributed by atoms with Gasteiger partial charge in [0.15, 0.2) is 5.58 Å². The zero-order valence-corrected chi connectivity index (χ0v) is 14.7. The van der Waals surface area contributed by atoms with E-state index >= 15 is 0 Å². The molecular formula is C21H15N5O2. The lowest BCUT2D eigenvalue weighted by Gasteiger charge is -2.06. The molecule has 0 aliphatic carbocycles. The Morgan fingerprint density at radius 3 is 2.50 bits per heavy atom. The molecule has 0 aliphatic heterocycles. The number of nitrogens with one attached hydrogen (secondary N) is 1. The molecule has 0 spiro atoms. The Balaban J connectivity index is 1.31. The number of carbonyl (C=O) groups is 1. The summed E-state index contributed by atoms with van der Waals surface area (Å²) in [6.07, 6.45) is 0. The van der Waals surface area contributed by atoms with Crippen LogP contribution >= 0.6 is 0 Å². The fourth-order valence-electron chi connectivity index (χ4n) is 3.06. The highest BCUT2D eigenvalue weighted by atomic mass is 16.3. The number of aromatic nitrogens is 4. The summed E-state index contributed by atoms with van der Waals surface area (Å²) in [6.45, 7) is 0.0907. The quantitative estimate of drug-likeness (QED) is 0.520. The Morgan fingerprint density at radius 1 is 0.929 bits per heavy atom. The zero-order valence-electron chi connectivity index (χ0n) is 14.7. The Kier molecular flexibility index (Phi) is 3.83. The SMILES string of the molecule is O=C(Cn1nnc2ccccc21)Nc1ccc(-c2nc3ccccc3o2)cc1. The van der Waals surface area contributed by atoms with E-state index in [1.54, 1.807) is 4.68 Å². The van der Waals surface area contributed by atoms with Gasteiger partial charge in [0.1, 0.15) is 17.6 Å². The van der Waals surface area contributed by atoms with Gasteiger partial charge in [0.25, 0.3) is 0 Å². The molecule has 7 nitrogen and oxygen atoms in total. The number of para-hydroxylation sites is 3. The largest absolute Gasteiger partial charge is 0.436 e. The third-order valence-electron chi connectivity index (χ3n) is 4.42. The van der Waals surface area contributed by atoms with Crippen molar-refractivity contribution >= 4 is 33.7 Å². The van der Waals surface area contributed by atoms with Crippen LogP contribution in [-0.2, 0) is 11.3 Å². The maximum atomic E-state index is 12.4. The first kappa shape index (κ1) is 16.2. The number of oxazole rings is 1. The van der Waals surface area contributed by atoms with Crippen LogP contribution in [0.1, 0.15) is 0 Å². The third kappa shape index (κ3) is 2.99. The van der Waals surface area contributed by atoms with Gasteiger partial charge in [-0.2, -0.15) is 0 Å². The lowest BCUT2D eigenvalue weighted by Crippen LogP contribution is -2.19. The molecule has 1 amide bonds. The van der Waals surface area contributed by atoms with Crippen LogP contribution in [0.4, 0.5) is 5.69 Å². The monoisotopic (exact) mass is 369 g/mol. The predicted molar refractivity (Wildman–Crippen MR) is 106 cm³/mol. The molecule has 0 saturated heterocycles. The summed E-state index contributed by atoms with van der Waals surface area (Å²) in [6, 6.07) is 22.5. The van der Waals surface area contributed by atoms with E-state index in [1.807, 2.05) is 72.8 Å². The highest BCUT2D eigenvalue weighted by Crippen LogP contribution is 2.25. The van der Waals surface area contributed by atoms with Gasteiger partial charge < -0.3 is 9.73 Å². The van der Waals surface area contributed by atoms with E-state index in [-0.39, 0.29) is 12.5 Å². The van der Waals surface area contributed by atoms with E-state index in [4.69, 9.17) is 4.42 Å². The van der Waals surface area contributed by atoms with Gasteiger partial charge in [-0.1, -0.05) is 29.5 Å². The highest BCUT2D eigenvalue weighted by molar-refractivity contribution is 5.91. The van der Waals surface area contributed by atoms with Crippen LogP contribution in [-0.4, -0.2) is 25.9 Å². The van der Waals surface area contributed by atoms with Gasteiger partial charge >= 0.3 is 0 Å². The molecule has 5 aromatic rings. The van der Waals surface area contributed by atoms with E-state index < -0.39 is 0 Å². The minimum atomic E-state index is -0.176. The maximum Gasteiger partial charge on any atom is 0.246 e. The number of hydrogen-bond donors (Lipinski definition) is 1. The van der Waals surface area contributed by atoms with Crippen LogP contribution in [0.15, 0.2) is 77.2 Å². The molecule has 5 rings (SSSR count). The number of benzene rings is 3. The van der Waals surface area contributed by atoms with Gasteiger partial charge in [-0.15, -0.1) is 5.10 Å². The summed E-state index contributed by atoms with van der Waals surface area (Å²) in [7, 11) is 0. The molecule has 7 heteroatoms. The van der Waals surface area contributed by atoms with Gasteiger partial charge in [-0.05, 0) is 48.5 Å². The van der Waals surface area contributed by atoms with Crippen LogP contribution in [0, 0.1) is 0 Å². The lowest BCUT2D eigenvalue weighted by molar-refractivity contribution is -0.116. The zero-order chi connectivity index (χ0) is 18.9. The summed E-state index contributed by atoms with van der Waals surface area (Å²) in [5.74, 6) is 0.374. The molecule has 0 atom stereocenters. The summed E-state index contributed by atoms with van der Waals surface area (Å²) in [5, 5.41) is 11.0. The second-order valence-corrected chi connectivity index (χ2v) is 6.35. The van der Waals surface area contributed by atoms with Crippen LogP contribution < -0.4 is 5.32 Å². The molecule has 0 saturated carbocycles. The first-order chi connectivity index (χ1) is 13.8. The molecule has 2 heterocycles. The Labute approximate surface area is 159 Å². The Morgan fingerprint density at radius 2 is 1.68 bits per heavy atom. The van der Waals surface area contributed by atoms with Gasteiger partial charge in [-0.25, -0.2) is 9.67 Å². The van der Waals surface area contributed by atoms with Crippen molar-refractivity contribution in [3.05, 3.63) is 72.8 Å². The van der Waals surface area contributed by atoms with E-state index in [0.29, 0.717) is 11.6 Å². The number of anilines is 1. The second-order valence-electron chi connectivity index (χ2n) is 6.35. The van der Waals surface area contributed by atoms with Crippen molar-refractivity contribution in [3.63, 3.8) is 0 Å². The predicted octanol–water partition coefficient (Wildman–Crippen LogP) is 3.88. The third-order valence-corrected chi connectivity index (χ3v) is 4.42. The van der Waals surface area contributed by atoms with Crippen molar-refractivity contribution in [2.75, 3.05) is 5.32 Å². The molecule has 0 bridgehead atoms. The maximum absolute atomic E-state index is 12.4. The van der Waals surface area contributed by atoms with Gasteiger partial charge in [-0.3, -0.25) is 4.79 Å². The molecule has 2 aromatic heterocycles. The van der Waals surface area contributed by atoms with Crippen molar-refractivity contribution in [2.24, 2.45) is 0 Å². The van der Waals surface area contributed by atoms with Crippen molar-refractivity contribution in [1.29, 1.82) is 0 Å². The highest BCUT2D eigenvalue weighted by Gasteiger charge is 2.10. The van der Waals surface area contributed by atoms with Crippen molar-refractivity contribution in [2.45, 2.75) is 6.54 Å².